The number of hydrogen-bond acceptors (Lipinski definition) is 4. The molecule has 1 atom stereocenters. The molecule has 1 unspecified atom stereocenters. The van der Waals surface area contributed by atoms with E-state index in [1.165, 1.54) is 6.08 Å². The predicted molar refractivity (Wildman–Crippen MR) is 129 cm³/mol. The van der Waals surface area contributed by atoms with Crippen LogP contribution in [0.5, 0.6) is 5.75 Å². The predicted octanol–water partition coefficient (Wildman–Crippen LogP) is 4.30. The third-order valence-corrected chi connectivity index (χ3v) is 5.43. The third kappa shape index (κ3) is 6.92. The Balaban J connectivity index is 1.73. The quantitative estimate of drug-likeness (QED) is 0.480. The van der Waals surface area contributed by atoms with Crippen LogP contribution in [0.25, 0.3) is 0 Å². The summed E-state index contributed by atoms with van der Waals surface area (Å²) in [5, 5.41) is 3.50. The first kappa shape index (κ1) is 24.0. The fourth-order valence-corrected chi connectivity index (χ4v) is 3.43. The van der Waals surface area contributed by atoms with Crippen LogP contribution in [0.15, 0.2) is 85.1 Å². The molecule has 0 saturated carbocycles. The lowest BCUT2D eigenvalue weighted by Crippen LogP contribution is -2.38. The van der Waals surface area contributed by atoms with E-state index in [2.05, 4.69) is 10.3 Å². The summed E-state index contributed by atoms with van der Waals surface area (Å²) in [6.45, 7) is 0.331. The number of nitrogens with one attached hydrogen (secondary N) is 1. The van der Waals surface area contributed by atoms with Gasteiger partial charge in [-0.2, -0.15) is 0 Å². The molecule has 7 heteroatoms. The molecule has 0 spiro atoms. The zero-order valence-corrected chi connectivity index (χ0v) is 19.3. The van der Waals surface area contributed by atoms with Crippen molar-refractivity contribution in [1.29, 1.82) is 0 Å². The molecule has 3 rings (SSSR count). The number of nitrogens with zero attached hydrogens (tertiary/aromatic N) is 2. The van der Waals surface area contributed by atoms with Crippen molar-refractivity contribution in [3.8, 4) is 5.75 Å². The minimum Gasteiger partial charge on any atom is -0.496 e. The van der Waals surface area contributed by atoms with Crippen LogP contribution in [-0.2, 0) is 17.8 Å². The van der Waals surface area contributed by atoms with Gasteiger partial charge in [-0.05, 0) is 42.3 Å². The number of hydrogen-bond donors (Lipinski definition) is 1. The Morgan fingerprint density at radius 1 is 1.09 bits per heavy atom. The lowest BCUT2D eigenvalue weighted by atomic mass is 10.0. The molecule has 0 fully saturated rings. The summed E-state index contributed by atoms with van der Waals surface area (Å²) in [7, 11) is 3.30. The summed E-state index contributed by atoms with van der Waals surface area (Å²) in [5.41, 5.74) is 2.21. The zero-order chi connectivity index (χ0) is 23.6. The van der Waals surface area contributed by atoms with Crippen LogP contribution in [0.2, 0.25) is 5.02 Å². The second-order valence-electron chi connectivity index (χ2n) is 7.42. The van der Waals surface area contributed by atoms with Crippen LogP contribution in [0.1, 0.15) is 21.6 Å². The van der Waals surface area contributed by atoms with Crippen molar-refractivity contribution in [3.05, 3.63) is 107 Å². The number of likely N-dealkylation sites (N-methyl/N-ethyl adjacent to an activating group) is 1. The van der Waals surface area contributed by atoms with Gasteiger partial charge >= 0.3 is 0 Å². The normalized spacial score (nSPS) is 11.7. The van der Waals surface area contributed by atoms with E-state index in [9.17, 15) is 9.59 Å². The van der Waals surface area contributed by atoms with E-state index in [1.807, 2.05) is 36.4 Å². The number of aromatic nitrogens is 1. The van der Waals surface area contributed by atoms with Gasteiger partial charge < -0.3 is 15.0 Å². The van der Waals surface area contributed by atoms with Crippen molar-refractivity contribution in [2.24, 2.45) is 0 Å². The Morgan fingerprint density at radius 2 is 1.82 bits per heavy atom. The zero-order valence-electron chi connectivity index (χ0n) is 18.6. The molecule has 3 aromatic rings. The molecule has 0 aliphatic heterocycles. The Kier molecular flexibility index (Phi) is 8.61. The number of rotatable bonds is 9. The molecule has 2 amide bonds. The number of ether oxygens (including phenoxy) is 1. The summed E-state index contributed by atoms with van der Waals surface area (Å²) >= 11 is 6.00. The molecular weight excluding hydrogens is 438 g/mol. The molecule has 2 aromatic carbocycles. The summed E-state index contributed by atoms with van der Waals surface area (Å²) < 4.78 is 5.32. The van der Waals surface area contributed by atoms with Crippen molar-refractivity contribution < 1.29 is 14.3 Å². The van der Waals surface area contributed by atoms with Crippen molar-refractivity contribution >= 4 is 23.4 Å². The maximum absolute atomic E-state index is 13.0. The number of pyridine rings is 1. The van der Waals surface area contributed by atoms with E-state index >= 15 is 0 Å². The van der Waals surface area contributed by atoms with Gasteiger partial charge in [-0.3, -0.25) is 14.6 Å². The Morgan fingerprint density at radius 3 is 2.52 bits per heavy atom. The summed E-state index contributed by atoms with van der Waals surface area (Å²) in [5.74, 6) is 0.220. The molecule has 1 heterocycles. The number of halogens is 1. The Labute approximate surface area is 198 Å². The highest BCUT2D eigenvalue weighted by Crippen LogP contribution is 2.17. The first-order chi connectivity index (χ1) is 16.0. The van der Waals surface area contributed by atoms with Crippen LogP contribution in [0.3, 0.4) is 0 Å². The minimum atomic E-state index is -0.363. The second-order valence-corrected chi connectivity index (χ2v) is 7.85. The highest BCUT2D eigenvalue weighted by molar-refractivity contribution is 6.30. The van der Waals surface area contributed by atoms with Crippen LogP contribution >= 0.6 is 11.6 Å². The number of amides is 2. The SMILES string of the molecule is COc1ccccc1CNC(=O)C=CC(Cc1ccc(Cl)cc1)N(C)C(=O)c1ccccn1. The average molecular weight is 464 g/mol. The third-order valence-electron chi connectivity index (χ3n) is 5.18. The van der Waals surface area contributed by atoms with E-state index in [1.54, 1.807) is 61.7 Å². The largest absolute Gasteiger partial charge is 0.496 e. The van der Waals surface area contributed by atoms with Crippen molar-refractivity contribution in [1.82, 2.24) is 15.2 Å². The number of benzene rings is 2. The van der Waals surface area contributed by atoms with Gasteiger partial charge in [0.2, 0.25) is 5.91 Å². The standard InChI is InChI=1S/C26H26ClN3O3/c1-30(26(32)23-8-5-6-16-28-23)22(17-19-10-12-21(27)13-11-19)14-15-25(31)29-18-20-7-3-4-9-24(20)33-2/h3-16,22H,17-18H2,1-2H3,(H,29,31). The minimum absolute atomic E-state index is 0.228. The summed E-state index contributed by atoms with van der Waals surface area (Å²) in [4.78, 5) is 31.2. The highest BCUT2D eigenvalue weighted by atomic mass is 35.5. The van der Waals surface area contributed by atoms with Gasteiger partial charge in [0, 0.05) is 36.5 Å². The fraction of sp³-hybridized carbons (Fsp3) is 0.192. The number of carbonyl (C=O) groups is 2. The number of carbonyl (C=O) groups excluding carboxylic acids is 2. The first-order valence-corrected chi connectivity index (χ1v) is 10.9. The molecule has 6 nitrogen and oxygen atoms in total. The van der Waals surface area contributed by atoms with Gasteiger partial charge in [0.25, 0.3) is 5.91 Å². The Hall–Kier alpha value is -3.64. The van der Waals surface area contributed by atoms with Gasteiger partial charge in [-0.15, -0.1) is 0 Å². The van der Waals surface area contributed by atoms with Gasteiger partial charge in [-0.25, -0.2) is 0 Å². The second kappa shape index (κ2) is 11.8. The molecule has 170 valence electrons. The van der Waals surface area contributed by atoms with Gasteiger partial charge in [0.15, 0.2) is 0 Å². The maximum Gasteiger partial charge on any atom is 0.272 e. The Bertz CT molecular complexity index is 1100. The first-order valence-electron chi connectivity index (χ1n) is 10.5. The smallest absolute Gasteiger partial charge is 0.272 e. The van der Waals surface area contributed by atoms with Crippen molar-refractivity contribution in [3.63, 3.8) is 0 Å². The van der Waals surface area contributed by atoms with E-state index in [4.69, 9.17) is 16.3 Å². The van der Waals surface area contributed by atoms with Gasteiger partial charge in [-0.1, -0.05) is 54.1 Å². The van der Waals surface area contributed by atoms with Crippen LogP contribution in [-0.4, -0.2) is 41.9 Å². The number of methoxy groups -OCH3 is 1. The van der Waals surface area contributed by atoms with E-state index in [0.717, 1.165) is 11.1 Å². The van der Waals surface area contributed by atoms with Gasteiger partial charge in [0.1, 0.15) is 11.4 Å². The lowest BCUT2D eigenvalue weighted by molar-refractivity contribution is -0.116. The molecule has 1 N–H and O–H groups in total. The van der Waals surface area contributed by atoms with Crippen molar-refractivity contribution in [2.75, 3.05) is 14.2 Å². The molecular formula is C26H26ClN3O3. The monoisotopic (exact) mass is 463 g/mol. The molecule has 33 heavy (non-hydrogen) atoms. The van der Waals surface area contributed by atoms with Crippen molar-refractivity contribution in [2.45, 2.75) is 19.0 Å². The van der Waals surface area contributed by atoms with Crippen LogP contribution < -0.4 is 10.1 Å². The van der Waals surface area contributed by atoms with Crippen LogP contribution in [0, 0.1) is 0 Å². The van der Waals surface area contributed by atoms with E-state index < -0.39 is 0 Å². The molecule has 0 radical (unpaired) electrons. The topological polar surface area (TPSA) is 71.5 Å². The molecule has 0 saturated heterocycles. The maximum atomic E-state index is 13.0. The molecule has 0 aliphatic carbocycles. The fourth-order valence-electron chi connectivity index (χ4n) is 3.31. The summed E-state index contributed by atoms with van der Waals surface area (Å²) in [6, 6.07) is 19.8. The molecule has 0 aliphatic rings. The average Bonchev–Trinajstić information content (AvgIpc) is 2.86. The molecule has 1 aromatic heterocycles. The van der Waals surface area contributed by atoms with E-state index in [0.29, 0.717) is 29.4 Å². The highest BCUT2D eigenvalue weighted by Gasteiger charge is 2.21. The van der Waals surface area contributed by atoms with Gasteiger partial charge in [0.05, 0.1) is 13.2 Å². The van der Waals surface area contributed by atoms with E-state index in [-0.39, 0.29) is 17.9 Å². The molecule has 0 bridgehead atoms. The summed E-state index contributed by atoms with van der Waals surface area (Å²) in [6.07, 6.45) is 5.28. The lowest BCUT2D eigenvalue weighted by Gasteiger charge is -2.26. The number of para-hydroxylation sites is 1. The van der Waals surface area contributed by atoms with Crippen LogP contribution in [0.4, 0.5) is 0 Å².